The number of piperidine rings is 1. The molecule has 7 heteroatoms. The molecule has 0 aliphatic carbocycles. The predicted octanol–water partition coefficient (Wildman–Crippen LogP) is 1.05. The lowest BCUT2D eigenvalue weighted by molar-refractivity contribution is -0.136. The second-order valence-corrected chi connectivity index (χ2v) is 4.59. The number of amides is 2. The summed E-state index contributed by atoms with van der Waals surface area (Å²) in [6.45, 7) is 5.44. The lowest BCUT2D eigenvalue weighted by Gasteiger charge is -2.35. The molecule has 0 radical (unpaired) electrons. The molecule has 1 fully saturated rings. The Morgan fingerprint density at radius 3 is 2.85 bits per heavy atom. The molecule has 0 aromatic heterocycles. The number of nitrogens with one attached hydrogen (secondary N) is 1. The van der Waals surface area contributed by atoms with Gasteiger partial charge in [-0.05, 0) is 25.3 Å². The van der Waals surface area contributed by atoms with Crippen LogP contribution in [0.25, 0.3) is 0 Å². The van der Waals surface area contributed by atoms with Crippen LogP contribution < -0.4 is 11.3 Å². The van der Waals surface area contributed by atoms with E-state index in [2.05, 4.69) is 6.58 Å². The van der Waals surface area contributed by atoms with Gasteiger partial charge in [0.05, 0.1) is 6.54 Å². The number of hydrazine groups is 1. The average Bonchev–Trinajstić information content (AvgIpc) is 2.47. The average molecular weight is 285 g/mol. The van der Waals surface area contributed by atoms with Crippen LogP contribution in [0.1, 0.15) is 19.8 Å². The zero-order valence-corrected chi connectivity index (χ0v) is 11.5. The molecule has 0 saturated carbocycles. The topological polar surface area (TPSA) is 84.7 Å². The molecule has 1 atom stereocenters. The van der Waals surface area contributed by atoms with Crippen molar-refractivity contribution in [3.63, 3.8) is 0 Å². The number of alkyl halides is 1. The molecular formula is C13H20FN3O3. The molecule has 2 amide bonds. The second-order valence-electron chi connectivity index (χ2n) is 4.59. The highest BCUT2D eigenvalue weighted by atomic mass is 19.1. The molecule has 20 heavy (non-hydrogen) atoms. The third-order valence-electron chi connectivity index (χ3n) is 3.23. The highest BCUT2D eigenvalue weighted by Gasteiger charge is 2.44. The van der Waals surface area contributed by atoms with Gasteiger partial charge in [-0.15, -0.1) is 0 Å². The molecule has 1 aliphatic heterocycles. The summed E-state index contributed by atoms with van der Waals surface area (Å²) >= 11 is 0. The first-order valence-electron chi connectivity index (χ1n) is 6.36. The first kappa shape index (κ1) is 16.2. The Bertz CT molecular complexity index is 425. The zero-order valence-electron chi connectivity index (χ0n) is 11.5. The Morgan fingerprint density at radius 2 is 2.30 bits per heavy atom. The van der Waals surface area contributed by atoms with Gasteiger partial charge in [-0.25, -0.2) is 15.0 Å². The third-order valence-corrected chi connectivity index (χ3v) is 3.23. The summed E-state index contributed by atoms with van der Waals surface area (Å²) in [7, 11) is 0. The minimum atomic E-state index is -2.16. The monoisotopic (exact) mass is 285 g/mol. The summed E-state index contributed by atoms with van der Waals surface area (Å²) in [4.78, 5) is 24.4. The maximum Gasteiger partial charge on any atom is 0.410 e. The minimum Gasteiger partial charge on any atom is -0.445 e. The molecule has 6 nitrogen and oxygen atoms in total. The van der Waals surface area contributed by atoms with Crippen molar-refractivity contribution in [1.29, 1.82) is 0 Å². The van der Waals surface area contributed by atoms with Crippen molar-refractivity contribution in [1.82, 2.24) is 10.3 Å². The molecule has 0 aromatic rings. The minimum absolute atomic E-state index is 0.0343. The van der Waals surface area contributed by atoms with Gasteiger partial charge in [0.2, 0.25) is 5.67 Å². The number of halogens is 1. The van der Waals surface area contributed by atoms with Crippen LogP contribution >= 0.6 is 0 Å². The van der Waals surface area contributed by atoms with Gasteiger partial charge in [0, 0.05) is 6.54 Å². The molecule has 0 aromatic carbocycles. The van der Waals surface area contributed by atoms with Crippen molar-refractivity contribution < 1.29 is 18.7 Å². The van der Waals surface area contributed by atoms with E-state index in [-0.39, 0.29) is 19.6 Å². The number of nitrogens with zero attached hydrogens (tertiary/aromatic N) is 1. The molecule has 0 spiro atoms. The van der Waals surface area contributed by atoms with E-state index in [1.807, 2.05) is 0 Å². The molecule has 1 heterocycles. The van der Waals surface area contributed by atoms with Gasteiger partial charge >= 0.3 is 6.09 Å². The van der Waals surface area contributed by atoms with Crippen molar-refractivity contribution in [3.8, 4) is 0 Å². The first-order valence-corrected chi connectivity index (χ1v) is 6.36. The maximum atomic E-state index is 14.3. The van der Waals surface area contributed by atoms with E-state index in [4.69, 9.17) is 10.6 Å². The molecule has 1 aliphatic rings. The molecule has 1 rings (SSSR count). The van der Waals surface area contributed by atoms with E-state index in [0.717, 1.165) is 5.57 Å². The van der Waals surface area contributed by atoms with Crippen LogP contribution in [-0.4, -0.2) is 42.3 Å². The Kier molecular flexibility index (Phi) is 5.69. The standard InChI is InChI=1S/C13H20FN3O3/c1-3-10(4-2)8-20-12(19)17-7-5-6-13(14,9-17)11(18)16-15/h3-4H,1,5-9,15H2,2H3,(H,16,18)/b10-4+. The molecule has 112 valence electrons. The predicted molar refractivity (Wildman–Crippen MR) is 72.3 cm³/mol. The van der Waals surface area contributed by atoms with E-state index in [9.17, 15) is 14.0 Å². The van der Waals surface area contributed by atoms with Crippen LogP contribution in [0.2, 0.25) is 0 Å². The molecule has 1 unspecified atom stereocenters. The van der Waals surface area contributed by atoms with E-state index >= 15 is 0 Å². The van der Waals surface area contributed by atoms with Crippen LogP contribution in [0.3, 0.4) is 0 Å². The fraction of sp³-hybridized carbons (Fsp3) is 0.538. The SMILES string of the molecule is C=C/C(=C\C)COC(=O)N1CCCC(F)(C(=O)NN)C1. The van der Waals surface area contributed by atoms with Crippen LogP contribution in [-0.2, 0) is 9.53 Å². The fourth-order valence-corrected chi connectivity index (χ4v) is 1.98. The van der Waals surface area contributed by atoms with Crippen molar-refractivity contribution in [2.45, 2.75) is 25.4 Å². The van der Waals surface area contributed by atoms with Gasteiger partial charge in [-0.1, -0.05) is 18.7 Å². The van der Waals surface area contributed by atoms with Gasteiger partial charge in [-0.2, -0.15) is 0 Å². The number of carbonyl (C=O) groups excluding carboxylic acids is 2. The van der Waals surface area contributed by atoms with Gasteiger partial charge in [-0.3, -0.25) is 10.2 Å². The molecule has 0 bridgehead atoms. The van der Waals surface area contributed by atoms with Gasteiger partial charge in [0.25, 0.3) is 5.91 Å². The van der Waals surface area contributed by atoms with Crippen molar-refractivity contribution in [2.75, 3.05) is 19.7 Å². The van der Waals surface area contributed by atoms with Gasteiger partial charge in [0.15, 0.2) is 0 Å². The third kappa shape index (κ3) is 3.80. The van der Waals surface area contributed by atoms with Crippen LogP contribution in [0, 0.1) is 0 Å². The highest BCUT2D eigenvalue weighted by molar-refractivity contribution is 5.85. The zero-order chi connectivity index (χ0) is 15.2. The van der Waals surface area contributed by atoms with E-state index in [0.29, 0.717) is 13.0 Å². The summed E-state index contributed by atoms with van der Waals surface area (Å²) in [5, 5.41) is 0. The normalized spacial score (nSPS) is 23.1. The number of hydrogen-bond acceptors (Lipinski definition) is 4. The van der Waals surface area contributed by atoms with Crippen LogP contribution in [0.15, 0.2) is 24.3 Å². The number of rotatable bonds is 4. The molecule has 3 N–H and O–H groups in total. The molecular weight excluding hydrogens is 265 g/mol. The summed E-state index contributed by atoms with van der Waals surface area (Å²) in [6, 6.07) is 0. The van der Waals surface area contributed by atoms with Crippen LogP contribution in [0.5, 0.6) is 0 Å². The van der Waals surface area contributed by atoms with Crippen molar-refractivity contribution in [2.24, 2.45) is 5.84 Å². The summed E-state index contributed by atoms with van der Waals surface area (Å²) in [6.07, 6.45) is 3.09. The number of nitrogens with two attached hydrogens (primary N) is 1. The number of likely N-dealkylation sites (tertiary alicyclic amines) is 1. The molecule has 1 saturated heterocycles. The van der Waals surface area contributed by atoms with Gasteiger partial charge in [0.1, 0.15) is 6.61 Å². The van der Waals surface area contributed by atoms with E-state index in [1.54, 1.807) is 24.5 Å². The lowest BCUT2D eigenvalue weighted by Crippen LogP contribution is -2.57. The maximum absolute atomic E-state index is 14.3. The second kappa shape index (κ2) is 7.04. The van der Waals surface area contributed by atoms with Crippen molar-refractivity contribution >= 4 is 12.0 Å². The number of allylic oxidation sites excluding steroid dienone is 1. The fourth-order valence-electron chi connectivity index (χ4n) is 1.98. The largest absolute Gasteiger partial charge is 0.445 e. The Morgan fingerprint density at radius 1 is 1.60 bits per heavy atom. The summed E-state index contributed by atoms with van der Waals surface area (Å²) < 4.78 is 19.4. The highest BCUT2D eigenvalue weighted by Crippen LogP contribution is 2.25. The Hall–Kier alpha value is -1.89. The van der Waals surface area contributed by atoms with E-state index < -0.39 is 17.7 Å². The number of ether oxygens (including phenoxy) is 1. The van der Waals surface area contributed by atoms with Gasteiger partial charge < -0.3 is 9.64 Å². The number of carbonyl (C=O) groups is 2. The van der Waals surface area contributed by atoms with E-state index in [1.165, 1.54) is 4.90 Å². The Labute approximate surface area is 117 Å². The Balaban J connectivity index is 2.61. The smallest absolute Gasteiger partial charge is 0.410 e. The number of hydrogen-bond donors (Lipinski definition) is 2. The lowest BCUT2D eigenvalue weighted by atomic mass is 9.94. The first-order chi connectivity index (χ1) is 9.46. The quantitative estimate of drug-likeness (QED) is 0.350. The summed E-state index contributed by atoms with van der Waals surface area (Å²) in [5.74, 6) is 4.03. The summed E-state index contributed by atoms with van der Waals surface area (Å²) in [5.41, 5.74) is 0.381. The van der Waals surface area contributed by atoms with Crippen molar-refractivity contribution in [3.05, 3.63) is 24.3 Å². The van der Waals surface area contributed by atoms with Crippen LogP contribution in [0.4, 0.5) is 9.18 Å².